The van der Waals surface area contributed by atoms with Crippen LogP contribution in [0, 0.1) is 10.1 Å². The van der Waals surface area contributed by atoms with Gasteiger partial charge in [-0.15, -0.1) is 0 Å². The van der Waals surface area contributed by atoms with Gasteiger partial charge in [0.15, 0.2) is 0 Å². The summed E-state index contributed by atoms with van der Waals surface area (Å²) in [6.45, 7) is 0. The molecule has 1 N–H and O–H groups in total. The van der Waals surface area contributed by atoms with Gasteiger partial charge in [0.1, 0.15) is 23.1 Å². The number of carbonyl (C=O) groups excluding carboxylic acids is 1. The summed E-state index contributed by atoms with van der Waals surface area (Å²) < 4.78 is 1.15. The van der Waals surface area contributed by atoms with Crippen molar-refractivity contribution in [1.29, 1.82) is 0 Å². The zero-order valence-electron chi connectivity index (χ0n) is 8.91. The lowest BCUT2D eigenvalue weighted by molar-refractivity contribution is -0.386. The van der Waals surface area contributed by atoms with Crippen molar-refractivity contribution < 1.29 is 19.6 Å². The largest absolute Gasteiger partial charge is 0.481 e. The summed E-state index contributed by atoms with van der Waals surface area (Å²) in [5, 5.41) is 23.7. The van der Waals surface area contributed by atoms with E-state index in [1.165, 1.54) is 7.05 Å². The molecule has 1 fully saturated rings. The van der Waals surface area contributed by atoms with Gasteiger partial charge in [0.2, 0.25) is 0 Å². The van der Waals surface area contributed by atoms with Crippen LogP contribution in [0.2, 0.25) is 0 Å². The van der Waals surface area contributed by atoms with E-state index in [2.05, 4.69) is 5.10 Å². The summed E-state index contributed by atoms with van der Waals surface area (Å²) in [4.78, 5) is 32.4. The minimum atomic E-state index is -1.50. The smallest absolute Gasteiger partial charge is 0.316 e. The monoisotopic (exact) mass is 239 g/mol. The molecule has 1 aliphatic rings. The maximum atomic E-state index is 11.3. The number of carboxylic acids is 1. The van der Waals surface area contributed by atoms with Gasteiger partial charge in [-0.2, -0.15) is 5.10 Å². The van der Waals surface area contributed by atoms with Crippen molar-refractivity contribution >= 4 is 17.4 Å². The minimum absolute atomic E-state index is 0.0189. The lowest BCUT2D eigenvalue weighted by Crippen LogP contribution is -2.49. The van der Waals surface area contributed by atoms with E-state index < -0.39 is 16.3 Å². The molecular weight excluding hydrogens is 230 g/mol. The molecule has 2 rings (SSSR count). The molecule has 0 aliphatic heterocycles. The molecule has 0 aromatic carbocycles. The van der Waals surface area contributed by atoms with Crippen molar-refractivity contribution in [1.82, 2.24) is 9.78 Å². The number of Topliss-reactive ketones (excluding diaryl/α,β-unsaturated/α-hetero) is 1. The van der Waals surface area contributed by atoms with Crippen molar-refractivity contribution in [3.8, 4) is 0 Å². The summed E-state index contributed by atoms with van der Waals surface area (Å²) in [7, 11) is 1.43. The molecule has 0 bridgehead atoms. The average Bonchev–Trinajstić information content (AvgIpc) is 2.55. The standard InChI is InChI=1S/C9H9N3O5/c1-11-7(6(4-10-11)12(16)17)9(8(14)15)2-5(13)3-9/h4H,2-3H2,1H3,(H,14,15). The van der Waals surface area contributed by atoms with Gasteiger partial charge in [0.25, 0.3) is 0 Å². The Kier molecular flexibility index (Phi) is 2.23. The van der Waals surface area contributed by atoms with Gasteiger partial charge in [-0.3, -0.25) is 24.4 Å². The highest BCUT2D eigenvalue weighted by atomic mass is 16.6. The predicted molar refractivity (Wildman–Crippen MR) is 53.4 cm³/mol. The van der Waals surface area contributed by atoms with E-state index in [1.807, 2.05) is 0 Å². The predicted octanol–water partition coefficient (Wildman–Crippen LogP) is 0.0136. The first kappa shape index (κ1) is 11.2. The number of ketones is 1. The Balaban J connectivity index is 2.59. The fraction of sp³-hybridized carbons (Fsp3) is 0.444. The Morgan fingerprint density at radius 2 is 2.24 bits per heavy atom. The molecule has 0 spiro atoms. The molecule has 1 heterocycles. The SMILES string of the molecule is Cn1ncc([N+](=O)[O-])c1C1(C(=O)O)CC(=O)C1. The van der Waals surface area contributed by atoms with Crippen LogP contribution in [0.25, 0.3) is 0 Å². The van der Waals surface area contributed by atoms with E-state index in [0.717, 1.165) is 10.9 Å². The summed E-state index contributed by atoms with van der Waals surface area (Å²) >= 11 is 0. The van der Waals surface area contributed by atoms with Crippen LogP contribution in [0.1, 0.15) is 18.5 Å². The second kappa shape index (κ2) is 3.37. The molecule has 17 heavy (non-hydrogen) atoms. The van der Waals surface area contributed by atoms with Crippen molar-refractivity contribution in [2.24, 2.45) is 7.05 Å². The van der Waals surface area contributed by atoms with E-state index in [4.69, 9.17) is 0 Å². The van der Waals surface area contributed by atoms with Crippen LogP contribution in [-0.4, -0.2) is 31.6 Å². The molecule has 1 saturated carbocycles. The Hall–Kier alpha value is -2.25. The van der Waals surface area contributed by atoms with Crippen molar-refractivity contribution in [3.05, 3.63) is 22.0 Å². The third-order valence-electron chi connectivity index (χ3n) is 2.98. The first-order valence-corrected chi connectivity index (χ1v) is 4.80. The molecule has 0 amide bonds. The van der Waals surface area contributed by atoms with E-state index in [1.54, 1.807) is 0 Å². The van der Waals surface area contributed by atoms with Crippen LogP contribution in [0.5, 0.6) is 0 Å². The first-order valence-electron chi connectivity index (χ1n) is 4.80. The highest BCUT2D eigenvalue weighted by Gasteiger charge is 2.56. The van der Waals surface area contributed by atoms with Crippen molar-refractivity contribution in [2.75, 3.05) is 0 Å². The van der Waals surface area contributed by atoms with Crippen LogP contribution < -0.4 is 0 Å². The number of aryl methyl sites for hydroxylation is 1. The molecule has 1 aromatic heterocycles. The number of carbonyl (C=O) groups is 2. The van der Waals surface area contributed by atoms with E-state index in [9.17, 15) is 24.8 Å². The van der Waals surface area contributed by atoms with Crippen LogP contribution in [0.3, 0.4) is 0 Å². The molecule has 0 radical (unpaired) electrons. The number of hydrogen-bond acceptors (Lipinski definition) is 5. The van der Waals surface area contributed by atoms with Crippen LogP contribution in [0.4, 0.5) is 5.69 Å². The average molecular weight is 239 g/mol. The number of hydrogen-bond donors (Lipinski definition) is 1. The molecule has 90 valence electrons. The Labute approximate surface area is 95.0 Å². The summed E-state index contributed by atoms with van der Waals surface area (Å²) in [6, 6.07) is 0. The van der Waals surface area contributed by atoms with Gasteiger partial charge in [-0.1, -0.05) is 0 Å². The van der Waals surface area contributed by atoms with Crippen molar-refractivity contribution in [3.63, 3.8) is 0 Å². The molecule has 8 nitrogen and oxygen atoms in total. The highest BCUT2D eigenvalue weighted by Crippen LogP contribution is 2.44. The molecular formula is C9H9N3O5. The Bertz CT molecular complexity index is 525. The maximum absolute atomic E-state index is 11.3. The molecule has 0 saturated heterocycles. The van der Waals surface area contributed by atoms with Gasteiger partial charge in [0, 0.05) is 19.9 Å². The number of rotatable bonds is 3. The summed E-state index contributed by atoms with van der Waals surface area (Å²) in [6.07, 6.45) is 0.564. The lowest BCUT2D eigenvalue weighted by Gasteiger charge is -2.35. The van der Waals surface area contributed by atoms with Gasteiger partial charge < -0.3 is 5.11 Å². The zero-order chi connectivity index (χ0) is 12.8. The van der Waals surface area contributed by atoms with Gasteiger partial charge in [-0.25, -0.2) is 0 Å². The Morgan fingerprint density at radius 3 is 2.65 bits per heavy atom. The molecule has 0 unspecified atom stereocenters. The molecule has 8 heteroatoms. The fourth-order valence-corrected chi connectivity index (χ4v) is 2.16. The number of nitrogens with zero attached hydrogens (tertiary/aromatic N) is 3. The summed E-state index contributed by atoms with van der Waals surface area (Å²) in [5.74, 6) is -1.45. The number of carboxylic acid groups (broad SMARTS) is 1. The van der Waals surface area contributed by atoms with Gasteiger partial charge >= 0.3 is 11.7 Å². The van der Waals surface area contributed by atoms with E-state index in [-0.39, 0.29) is 30.0 Å². The zero-order valence-corrected chi connectivity index (χ0v) is 8.91. The quantitative estimate of drug-likeness (QED) is 0.586. The topological polar surface area (TPSA) is 115 Å². The number of aliphatic carboxylic acids is 1. The van der Waals surface area contributed by atoms with Crippen LogP contribution in [-0.2, 0) is 22.1 Å². The van der Waals surface area contributed by atoms with E-state index in [0.29, 0.717) is 0 Å². The molecule has 1 aliphatic carbocycles. The lowest BCUT2D eigenvalue weighted by atomic mass is 9.65. The van der Waals surface area contributed by atoms with Crippen molar-refractivity contribution in [2.45, 2.75) is 18.3 Å². The maximum Gasteiger partial charge on any atom is 0.316 e. The minimum Gasteiger partial charge on any atom is -0.481 e. The normalized spacial score (nSPS) is 17.6. The van der Waals surface area contributed by atoms with Crippen LogP contribution in [0.15, 0.2) is 6.20 Å². The number of aromatic nitrogens is 2. The third kappa shape index (κ3) is 1.41. The summed E-state index contributed by atoms with van der Waals surface area (Å²) in [5.41, 5.74) is -1.87. The fourth-order valence-electron chi connectivity index (χ4n) is 2.16. The second-order valence-corrected chi connectivity index (χ2v) is 4.04. The van der Waals surface area contributed by atoms with Crippen LogP contribution >= 0.6 is 0 Å². The first-order chi connectivity index (χ1) is 7.88. The Morgan fingerprint density at radius 1 is 1.65 bits per heavy atom. The highest BCUT2D eigenvalue weighted by molar-refractivity contribution is 6.01. The molecule has 0 atom stereocenters. The third-order valence-corrected chi connectivity index (χ3v) is 2.98. The number of nitro groups is 1. The van der Waals surface area contributed by atoms with Gasteiger partial charge in [-0.05, 0) is 0 Å². The van der Waals surface area contributed by atoms with Gasteiger partial charge in [0.05, 0.1) is 4.92 Å². The van der Waals surface area contributed by atoms with E-state index >= 15 is 0 Å². The molecule has 1 aromatic rings. The second-order valence-electron chi connectivity index (χ2n) is 4.04.